The molecule has 0 aromatic rings. The lowest BCUT2D eigenvalue weighted by Crippen LogP contribution is -2.36. The third-order valence-corrected chi connectivity index (χ3v) is 3.36. The minimum atomic E-state index is 0.291. The largest absolute Gasteiger partial charge is 0.300 e. The zero-order valence-corrected chi connectivity index (χ0v) is 8.23. The van der Waals surface area contributed by atoms with Crippen molar-refractivity contribution in [2.75, 3.05) is 7.05 Å². The second-order valence-electron chi connectivity index (χ2n) is 4.19. The summed E-state index contributed by atoms with van der Waals surface area (Å²) in [6.07, 6.45) is 5.18. The number of hydrogen-bond acceptors (Lipinski definition) is 3. The van der Waals surface area contributed by atoms with Crippen LogP contribution in [0, 0.1) is 11.8 Å². The lowest BCUT2D eigenvalue weighted by Gasteiger charge is -2.32. The monoisotopic (exact) mass is 180 g/mol. The van der Waals surface area contributed by atoms with Gasteiger partial charge in [-0.3, -0.25) is 9.80 Å². The minimum Gasteiger partial charge on any atom is -0.300 e. The van der Waals surface area contributed by atoms with Gasteiger partial charge >= 0.3 is 0 Å². The van der Waals surface area contributed by atoms with Crippen LogP contribution in [0.3, 0.4) is 0 Å². The molecule has 3 nitrogen and oxygen atoms in total. The summed E-state index contributed by atoms with van der Waals surface area (Å²) in [6.45, 7) is 1.71. The number of hydrogen-bond donors (Lipinski definition) is 0. The molecule has 3 unspecified atom stereocenters. The molecule has 2 aliphatic rings. The van der Waals surface area contributed by atoms with E-state index in [1.807, 2.05) is 18.3 Å². The zero-order chi connectivity index (χ0) is 9.42. The summed E-state index contributed by atoms with van der Waals surface area (Å²) in [4.78, 5) is 11.2. The Hall–Kier alpha value is -0.860. The van der Waals surface area contributed by atoms with E-state index in [2.05, 4.69) is 5.10 Å². The van der Waals surface area contributed by atoms with Crippen LogP contribution in [0.5, 0.6) is 0 Å². The summed E-state index contributed by atoms with van der Waals surface area (Å²) in [5, 5.41) is 6.31. The van der Waals surface area contributed by atoms with Crippen LogP contribution in [-0.2, 0) is 4.79 Å². The summed E-state index contributed by atoms with van der Waals surface area (Å²) in [5.41, 5.74) is 0. The molecule has 3 atom stereocenters. The number of Topliss-reactive ketones (excluding diaryl/α,β-unsaturated/α-hetero) is 1. The molecule has 0 spiro atoms. The predicted octanol–water partition coefficient (Wildman–Crippen LogP) is 1.29. The molecule has 72 valence electrons. The highest BCUT2D eigenvalue weighted by Crippen LogP contribution is 2.34. The van der Waals surface area contributed by atoms with Gasteiger partial charge in [-0.05, 0) is 26.2 Å². The zero-order valence-electron chi connectivity index (χ0n) is 8.23. The van der Waals surface area contributed by atoms with Gasteiger partial charge < -0.3 is 0 Å². The van der Waals surface area contributed by atoms with Crippen molar-refractivity contribution < 1.29 is 4.79 Å². The molecule has 2 rings (SSSR count). The van der Waals surface area contributed by atoms with Crippen LogP contribution in [0.15, 0.2) is 5.10 Å². The molecule has 1 aliphatic heterocycles. The fraction of sp³-hybridized carbons (Fsp3) is 0.800. The van der Waals surface area contributed by atoms with Crippen molar-refractivity contribution in [2.24, 2.45) is 16.9 Å². The first-order valence-electron chi connectivity index (χ1n) is 4.96. The summed E-state index contributed by atoms with van der Waals surface area (Å²) in [7, 11) is 2.02. The molecule has 1 saturated carbocycles. The van der Waals surface area contributed by atoms with Crippen LogP contribution >= 0.6 is 0 Å². The molecule has 0 bridgehead atoms. The Bertz CT molecular complexity index is 249. The third-order valence-electron chi connectivity index (χ3n) is 3.36. The number of carbonyl (C=O) groups excluding carboxylic acids is 1. The molecule has 0 radical (unpaired) electrons. The maximum Gasteiger partial charge on any atom is 0.132 e. The normalized spacial score (nSPS) is 37.7. The molecule has 0 N–H and O–H groups in total. The highest BCUT2D eigenvalue weighted by Gasteiger charge is 2.36. The number of nitrogens with zero attached hydrogens (tertiary/aromatic N) is 2. The van der Waals surface area contributed by atoms with Crippen molar-refractivity contribution in [2.45, 2.75) is 32.2 Å². The van der Waals surface area contributed by atoms with Gasteiger partial charge in [0, 0.05) is 25.1 Å². The molecule has 0 amide bonds. The Morgan fingerprint density at radius 2 is 2.31 bits per heavy atom. The maximum atomic E-state index is 11.2. The molecular formula is C10H16N2O. The van der Waals surface area contributed by atoms with Crippen molar-refractivity contribution >= 4 is 12.0 Å². The van der Waals surface area contributed by atoms with Gasteiger partial charge in [-0.1, -0.05) is 0 Å². The lowest BCUT2D eigenvalue weighted by molar-refractivity contribution is -0.122. The van der Waals surface area contributed by atoms with Gasteiger partial charge in [-0.25, -0.2) is 0 Å². The number of ketones is 1. The molecule has 0 saturated heterocycles. The van der Waals surface area contributed by atoms with E-state index in [9.17, 15) is 4.79 Å². The van der Waals surface area contributed by atoms with Crippen LogP contribution in [0.4, 0.5) is 0 Å². The van der Waals surface area contributed by atoms with Gasteiger partial charge in [-0.2, -0.15) is 5.10 Å². The van der Waals surface area contributed by atoms with Gasteiger partial charge in [0.15, 0.2) is 0 Å². The first-order chi connectivity index (χ1) is 6.18. The highest BCUT2D eigenvalue weighted by atomic mass is 16.1. The summed E-state index contributed by atoms with van der Waals surface area (Å²) in [6, 6.07) is 0.565. The van der Waals surface area contributed by atoms with Crippen LogP contribution in [0.25, 0.3) is 0 Å². The van der Waals surface area contributed by atoms with Gasteiger partial charge in [0.2, 0.25) is 0 Å². The molecule has 1 aliphatic carbocycles. The molecule has 1 fully saturated rings. The molecule has 13 heavy (non-hydrogen) atoms. The Morgan fingerprint density at radius 1 is 1.54 bits per heavy atom. The van der Waals surface area contributed by atoms with E-state index < -0.39 is 0 Å². The standard InChI is InChI=1S/C10H16N2O/c1-7(13)8-3-4-10-9(5-8)6-11-12(10)2/h6,8-10H,3-5H2,1-2H3. The molecule has 1 heterocycles. The number of carbonyl (C=O) groups is 1. The smallest absolute Gasteiger partial charge is 0.132 e. The van der Waals surface area contributed by atoms with Crippen molar-refractivity contribution in [3.05, 3.63) is 0 Å². The third kappa shape index (κ3) is 1.47. The van der Waals surface area contributed by atoms with E-state index in [0.29, 0.717) is 23.7 Å². The minimum absolute atomic E-state index is 0.291. The fourth-order valence-electron chi connectivity index (χ4n) is 2.46. The topological polar surface area (TPSA) is 32.7 Å². The van der Waals surface area contributed by atoms with E-state index in [0.717, 1.165) is 19.3 Å². The van der Waals surface area contributed by atoms with Crippen LogP contribution < -0.4 is 0 Å². The van der Waals surface area contributed by atoms with E-state index in [1.165, 1.54) is 0 Å². The molecule has 0 aromatic heterocycles. The molecule has 3 heteroatoms. The Morgan fingerprint density at radius 3 is 3.00 bits per heavy atom. The van der Waals surface area contributed by atoms with Crippen molar-refractivity contribution in [1.82, 2.24) is 5.01 Å². The summed E-state index contributed by atoms with van der Waals surface area (Å²) < 4.78 is 0. The Labute approximate surface area is 78.8 Å². The van der Waals surface area contributed by atoms with E-state index in [1.54, 1.807) is 6.92 Å². The van der Waals surface area contributed by atoms with Crippen LogP contribution in [0.1, 0.15) is 26.2 Å². The van der Waals surface area contributed by atoms with Crippen molar-refractivity contribution in [3.63, 3.8) is 0 Å². The second kappa shape index (κ2) is 3.13. The SMILES string of the molecule is CC(=O)C1CCC2C(C=NN2C)C1. The van der Waals surface area contributed by atoms with Crippen molar-refractivity contribution in [3.8, 4) is 0 Å². The van der Waals surface area contributed by atoms with Crippen LogP contribution in [0.2, 0.25) is 0 Å². The molecule has 0 aromatic carbocycles. The van der Waals surface area contributed by atoms with Gasteiger partial charge in [0.25, 0.3) is 0 Å². The predicted molar refractivity (Wildman–Crippen MR) is 51.6 cm³/mol. The van der Waals surface area contributed by atoms with Gasteiger partial charge in [-0.15, -0.1) is 0 Å². The average molecular weight is 180 g/mol. The summed E-state index contributed by atoms with van der Waals surface area (Å²) in [5.74, 6) is 1.16. The fourth-order valence-corrected chi connectivity index (χ4v) is 2.46. The quantitative estimate of drug-likeness (QED) is 0.609. The van der Waals surface area contributed by atoms with E-state index in [4.69, 9.17) is 0 Å². The first kappa shape index (κ1) is 8.73. The Kier molecular flexibility index (Phi) is 2.10. The Balaban J connectivity index is 2.03. The second-order valence-corrected chi connectivity index (χ2v) is 4.19. The molecular weight excluding hydrogens is 164 g/mol. The number of hydrazone groups is 1. The average Bonchev–Trinajstić information content (AvgIpc) is 2.47. The number of rotatable bonds is 1. The number of fused-ring (bicyclic) bond motifs is 1. The van der Waals surface area contributed by atoms with Crippen molar-refractivity contribution in [1.29, 1.82) is 0 Å². The maximum absolute atomic E-state index is 11.2. The van der Waals surface area contributed by atoms with Gasteiger partial charge in [0.1, 0.15) is 5.78 Å². The van der Waals surface area contributed by atoms with Crippen LogP contribution in [-0.4, -0.2) is 30.1 Å². The first-order valence-corrected chi connectivity index (χ1v) is 4.96. The highest BCUT2D eigenvalue weighted by molar-refractivity contribution is 5.79. The lowest BCUT2D eigenvalue weighted by atomic mass is 9.77. The van der Waals surface area contributed by atoms with E-state index >= 15 is 0 Å². The summed E-state index contributed by atoms with van der Waals surface area (Å²) >= 11 is 0. The van der Waals surface area contributed by atoms with E-state index in [-0.39, 0.29) is 0 Å². The van der Waals surface area contributed by atoms with Gasteiger partial charge in [0.05, 0.1) is 6.04 Å².